The van der Waals surface area contributed by atoms with Crippen molar-refractivity contribution in [1.82, 2.24) is 20.0 Å². The van der Waals surface area contributed by atoms with Crippen LogP contribution in [0.15, 0.2) is 53.3 Å². The fraction of sp³-hybridized carbons (Fsp3) is 0.300. The van der Waals surface area contributed by atoms with Crippen LogP contribution in [0.3, 0.4) is 0 Å². The van der Waals surface area contributed by atoms with E-state index in [1.54, 1.807) is 12.4 Å². The van der Waals surface area contributed by atoms with Gasteiger partial charge in [0, 0.05) is 42.5 Å². The first-order chi connectivity index (χ1) is 12.7. The number of hydrogen-bond donors (Lipinski definition) is 0. The number of pyridine rings is 1. The van der Waals surface area contributed by atoms with Crippen LogP contribution in [-0.4, -0.2) is 39.0 Å². The zero-order valence-corrected chi connectivity index (χ0v) is 14.6. The van der Waals surface area contributed by atoms with Crippen LogP contribution in [0.5, 0.6) is 0 Å². The van der Waals surface area contributed by atoms with Gasteiger partial charge in [-0.05, 0) is 43.5 Å². The Balaban J connectivity index is 1.42. The number of amides is 1. The van der Waals surface area contributed by atoms with Crippen LogP contribution in [0.1, 0.15) is 40.6 Å². The smallest absolute Gasteiger partial charge is 0.254 e. The van der Waals surface area contributed by atoms with Gasteiger partial charge in [0.15, 0.2) is 0 Å². The Hall–Kier alpha value is -3.02. The summed E-state index contributed by atoms with van der Waals surface area (Å²) in [5.74, 6) is 1.53. The second kappa shape index (κ2) is 7.07. The molecule has 1 saturated heterocycles. The first-order valence-corrected chi connectivity index (χ1v) is 8.81. The summed E-state index contributed by atoms with van der Waals surface area (Å²) in [6.45, 7) is 3.37. The van der Waals surface area contributed by atoms with Crippen molar-refractivity contribution in [1.29, 1.82) is 0 Å². The molecule has 0 saturated carbocycles. The van der Waals surface area contributed by atoms with Crippen LogP contribution in [0.4, 0.5) is 0 Å². The van der Waals surface area contributed by atoms with Crippen molar-refractivity contribution in [3.63, 3.8) is 0 Å². The van der Waals surface area contributed by atoms with E-state index in [-0.39, 0.29) is 11.8 Å². The van der Waals surface area contributed by atoms with Gasteiger partial charge in [0.1, 0.15) is 0 Å². The van der Waals surface area contributed by atoms with E-state index in [2.05, 4.69) is 15.1 Å². The molecule has 1 fully saturated rings. The van der Waals surface area contributed by atoms with Crippen molar-refractivity contribution in [2.75, 3.05) is 13.1 Å². The Kier molecular flexibility index (Phi) is 4.48. The monoisotopic (exact) mass is 348 g/mol. The van der Waals surface area contributed by atoms with Crippen LogP contribution in [0, 0.1) is 6.92 Å². The molecule has 0 bridgehead atoms. The lowest BCUT2D eigenvalue weighted by molar-refractivity contribution is 0.0704. The highest BCUT2D eigenvalue weighted by Crippen LogP contribution is 2.29. The maximum absolute atomic E-state index is 12.7. The van der Waals surface area contributed by atoms with E-state index in [4.69, 9.17) is 4.52 Å². The van der Waals surface area contributed by atoms with Gasteiger partial charge in [-0.1, -0.05) is 23.4 Å². The van der Waals surface area contributed by atoms with Gasteiger partial charge in [-0.15, -0.1) is 0 Å². The number of piperidine rings is 1. The molecule has 1 aliphatic heterocycles. The number of nitrogens with zero attached hydrogens (tertiary/aromatic N) is 4. The lowest BCUT2D eigenvalue weighted by Gasteiger charge is -2.30. The molecule has 26 heavy (non-hydrogen) atoms. The van der Waals surface area contributed by atoms with Crippen molar-refractivity contribution in [2.45, 2.75) is 25.7 Å². The lowest BCUT2D eigenvalue weighted by Crippen LogP contribution is -2.38. The average molecular weight is 348 g/mol. The van der Waals surface area contributed by atoms with Gasteiger partial charge in [-0.25, -0.2) is 0 Å². The van der Waals surface area contributed by atoms with Crippen LogP contribution in [-0.2, 0) is 0 Å². The summed E-state index contributed by atoms with van der Waals surface area (Å²) in [5, 5.41) is 4.08. The first kappa shape index (κ1) is 16.4. The van der Waals surface area contributed by atoms with Crippen molar-refractivity contribution in [2.24, 2.45) is 0 Å². The summed E-state index contributed by atoms with van der Waals surface area (Å²) in [4.78, 5) is 23.2. The van der Waals surface area contributed by atoms with Gasteiger partial charge in [-0.2, -0.15) is 4.98 Å². The number of aryl methyl sites for hydroxylation is 1. The first-order valence-electron chi connectivity index (χ1n) is 8.81. The van der Waals surface area contributed by atoms with Gasteiger partial charge in [0.25, 0.3) is 5.91 Å². The zero-order chi connectivity index (χ0) is 17.9. The summed E-state index contributed by atoms with van der Waals surface area (Å²) >= 11 is 0. The molecule has 0 spiro atoms. The average Bonchev–Trinajstić information content (AvgIpc) is 3.19. The normalized spacial score (nSPS) is 15.2. The number of aromatic nitrogens is 3. The molecule has 1 aromatic carbocycles. The third-order valence-corrected chi connectivity index (χ3v) is 4.89. The van der Waals surface area contributed by atoms with Gasteiger partial charge in [-0.3, -0.25) is 9.78 Å². The zero-order valence-electron chi connectivity index (χ0n) is 14.6. The second-order valence-electron chi connectivity index (χ2n) is 6.57. The van der Waals surface area contributed by atoms with Crippen LogP contribution in [0.2, 0.25) is 0 Å². The fourth-order valence-electron chi connectivity index (χ4n) is 3.33. The third kappa shape index (κ3) is 3.22. The van der Waals surface area contributed by atoms with E-state index in [0.717, 1.165) is 29.5 Å². The van der Waals surface area contributed by atoms with Gasteiger partial charge >= 0.3 is 0 Å². The molecule has 0 N–H and O–H groups in total. The highest BCUT2D eigenvalue weighted by Gasteiger charge is 2.28. The number of rotatable bonds is 3. The van der Waals surface area contributed by atoms with Crippen molar-refractivity contribution in [3.8, 4) is 11.4 Å². The van der Waals surface area contributed by atoms with E-state index in [0.29, 0.717) is 24.8 Å². The maximum atomic E-state index is 12.7. The van der Waals surface area contributed by atoms with E-state index >= 15 is 0 Å². The molecule has 0 aliphatic carbocycles. The molecule has 4 rings (SSSR count). The molecule has 1 aliphatic rings. The topological polar surface area (TPSA) is 72.1 Å². The summed E-state index contributed by atoms with van der Waals surface area (Å²) in [6.07, 6.45) is 5.08. The summed E-state index contributed by atoms with van der Waals surface area (Å²) < 4.78 is 5.47. The number of carbonyl (C=O) groups excluding carboxylic acids is 1. The molecule has 0 atom stereocenters. The van der Waals surface area contributed by atoms with Crippen LogP contribution >= 0.6 is 0 Å². The van der Waals surface area contributed by atoms with Crippen LogP contribution in [0.25, 0.3) is 11.4 Å². The van der Waals surface area contributed by atoms with Crippen molar-refractivity contribution in [3.05, 3.63) is 65.8 Å². The minimum absolute atomic E-state index is 0.101. The number of carbonyl (C=O) groups is 1. The highest BCUT2D eigenvalue weighted by atomic mass is 16.5. The largest absolute Gasteiger partial charge is 0.339 e. The Morgan fingerprint density at radius 2 is 1.85 bits per heavy atom. The molecular weight excluding hydrogens is 328 g/mol. The van der Waals surface area contributed by atoms with E-state index < -0.39 is 0 Å². The number of hydrogen-bond acceptors (Lipinski definition) is 5. The standard InChI is InChI=1S/C20H20N4O2/c1-14-4-2-3-5-17(14)20(25)24-12-8-16(9-13-24)19-22-18(23-26-19)15-6-10-21-11-7-15/h2-7,10-11,16H,8-9,12-13H2,1H3. The Labute approximate surface area is 151 Å². The molecule has 6 heteroatoms. The fourth-order valence-corrected chi connectivity index (χ4v) is 3.33. The maximum Gasteiger partial charge on any atom is 0.254 e. The molecule has 3 heterocycles. The van der Waals surface area contributed by atoms with E-state index in [1.807, 2.05) is 48.2 Å². The predicted octanol–water partition coefficient (Wildman–Crippen LogP) is 3.46. The molecule has 0 radical (unpaired) electrons. The summed E-state index contributed by atoms with van der Waals surface area (Å²) in [7, 11) is 0. The molecule has 0 unspecified atom stereocenters. The quantitative estimate of drug-likeness (QED) is 0.725. The predicted molar refractivity (Wildman–Crippen MR) is 96.6 cm³/mol. The van der Waals surface area contributed by atoms with E-state index in [1.165, 1.54) is 0 Å². The molecule has 6 nitrogen and oxygen atoms in total. The van der Waals surface area contributed by atoms with Crippen molar-refractivity contribution < 1.29 is 9.32 Å². The molecule has 2 aromatic heterocycles. The Morgan fingerprint density at radius 3 is 2.58 bits per heavy atom. The molecular formula is C20H20N4O2. The van der Waals surface area contributed by atoms with Gasteiger partial charge in [0.05, 0.1) is 0 Å². The Morgan fingerprint density at radius 1 is 1.12 bits per heavy atom. The minimum atomic E-state index is 0.101. The number of likely N-dealkylation sites (tertiary alicyclic amines) is 1. The lowest BCUT2D eigenvalue weighted by atomic mass is 9.96. The molecule has 1 amide bonds. The summed E-state index contributed by atoms with van der Waals surface area (Å²) in [6, 6.07) is 11.4. The van der Waals surface area contributed by atoms with Gasteiger partial charge in [0.2, 0.25) is 11.7 Å². The van der Waals surface area contributed by atoms with Crippen molar-refractivity contribution >= 4 is 5.91 Å². The second-order valence-corrected chi connectivity index (χ2v) is 6.57. The van der Waals surface area contributed by atoms with E-state index in [9.17, 15) is 4.79 Å². The highest BCUT2D eigenvalue weighted by molar-refractivity contribution is 5.95. The van der Waals surface area contributed by atoms with Gasteiger partial charge < -0.3 is 9.42 Å². The summed E-state index contributed by atoms with van der Waals surface area (Å²) in [5.41, 5.74) is 2.68. The Bertz CT molecular complexity index is 899. The van der Waals surface area contributed by atoms with Crippen LogP contribution < -0.4 is 0 Å². The SMILES string of the molecule is Cc1ccccc1C(=O)N1CCC(c2nc(-c3ccncc3)no2)CC1. The minimum Gasteiger partial charge on any atom is -0.339 e. The third-order valence-electron chi connectivity index (χ3n) is 4.89. The molecule has 132 valence electrons. The number of benzene rings is 1. The molecule has 3 aromatic rings.